The molecule has 0 spiro atoms. The minimum atomic E-state index is -0.0402. The Balaban J connectivity index is 2.77. The fourth-order valence-electron chi connectivity index (χ4n) is 1.73. The summed E-state index contributed by atoms with van der Waals surface area (Å²) in [7, 11) is 0. The van der Waals surface area contributed by atoms with Gasteiger partial charge in [0.1, 0.15) is 0 Å². The van der Waals surface area contributed by atoms with Crippen molar-refractivity contribution in [2.75, 3.05) is 0 Å². The molecule has 84 valence electrons. The van der Waals surface area contributed by atoms with E-state index in [4.69, 9.17) is 23.2 Å². The SMILES string of the molecule is CCCc1cc(=O)c2cc(Cl)cc(Cl)c2[nH]1. The lowest BCUT2D eigenvalue weighted by atomic mass is 10.1. The zero-order valence-electron chi connectivity index (χ0n) is 8.81. The molecule has 1 heterocycles. The Bertz CT molecular complexity index is 589. The van der Waals surface area contributed by atoms with E-state index in [1.807, 2.05) is 0 Å². The van der Waals surface area contributed by atoms with E-state index in [9.17, 15) is 4.79 Å². The molecular weight excluding hydrogens is 245 g/mol. The van der Waals surface area contributed by atoms with Gasteiger partial charge in [-0.1, -0.05) is 36.5 Å². The van der Waals surface area contributed by atoms with Gasteiger partial charge in [0.05, 0.1) is 10.5 Å². The third-order valence-corrected chi connectivity index (χ3v) is 2.95. The van der Waals surface area contributed by atoms with Gasteiger partial charge < -0.3 is 4.98 Å². The van der Waals surface area contributed by atoms with Crippen molar-refractivity contribution in [3.05, 3.63) is 44.2 Å². The van der Waals surface area contributed by atoms with Gasteiger partial charge in [-0.05, 0) is 18.6 Å². The van der Waals surface area contributed by atoms with Crippen molar-refractivity contribution >= 4 is 34.1 Å². The summed E-state index contributed by atoms with van der Waals surface area (Å²) in [6.07, 6.45) is 1.82. The second-order valence-corrected chi connectivity index (χ2v) is 4.56. The molecule has 0 radical (unpaired) electrons. The molecule has 1 aromatic heterocycles. The van der Waals surface area contributed by atoms with Crippen LogP contribution in [-0.4, -0.2) is 4.98 Å². The van der Waals surface area contributed by atoms with Crippen LogP contribution in [0, 0.1) is 0 Å². The van der Waals surface area contributed by atoms with Crippen LogP contribution >= 0.6 is 23.2 Å². The fraction of sp³-hybridized carbons (Fsp3) is 0.250. The highest BCUT2D eigenvalue weighted by Gasteiger charge is 2.06. The van der Waals surface area contributed by atoms with Crippen molar-refractivity contribution in [1.82, 2.24) is 4.98 Å². The summed E-state index contributed by atoms with van der Waals surface area (Å²) in [4.78, 5) is 15.0. The van der Waals surface area contributed by atoms with Crippen LogP contribution in [0.15, 0.2) is 23.0 Å². The number of halogens is 2. The van der Waals surface area contributed by atoms with Crippen molar-refractivity contribution < 1.29 is 0 Å². The molecule has 1 N–H and O–H groups in total. The van der Waals surface area contributed by atoms with Gasteiger partial charge in [-0.3, -0.25) is 4.79 Å². The predicted octanol–water partition coefficient (Wildman–Crippen LogP) is 3.79. The molecule has 2 rings (SSSR count). The molecule has 2 aromatic rings. The number of aryl methyl sites for hydroxylation is 1. The Morgan fingerprint density at radius 3 is 2.69 bits per heavy atom. The summed E-state index contributed by atoms with van der Waals surface area (Å²) in [6.45, 7) is 2.06. The van der Waals surface area contributed by atoms with Crippen molar-refractivity contribution in [2.45, 2.75) is 19.8 Å². The van der Waals surface area contributed by atoms with Crippen LogP contribution in [0.1, 0.15) is 19.0 Å². The topological polar surface area (TPSA) is 32.9 Å². The lowest BCUT2D eigenvalue weighted by Crippen LogP contribution is -2.05. The minimum Gasteiger partial charge on any atom is -0.357 e. The zero-order valence-corrected chi connectivity index (χ0v) is 10.3. The number of fused-ring (bicyclic) bond motifs is 1. The van der Waals surface area contributed by atoms with Gasteiger partial charge in [-0.15, -0.1) is 0 Å². The van der Waals surface area contributed by atoms with Crippen LogP contribution in [0.4, 0.5) is 0 Å². The molecule has 0 saturated heterocycles. The number of rotatable bonds is 2. The smallest absolute Gasteiger partial charge is 0.189 e. The Kier molecular flexibility index (Phi) is 3.22. The molecule has 0 atom stereocenters. The normalized spacial score (nSPS) is 10.9. The van der Waals surface area contributed by atoms with Crippen molar-refractivity contribution in [3.8, 4) is 0 Å². The number of hydrogen-bond acceptors (Lipinski definition) is 1. The summed E-state index contributed by atoms with van der Waals surface area (Å²) < 4.78 is 0. The molecule has 0 fully saturated rings. The summed E-state index contributed by atoms with van der Waals surface area (Å²) in [5.74, 6) is 0. The summed E-state index contributed by atoms with van der Waals surface area (Å²) >= 11 is 11.9. The molecule has 1 aromatic carbocycles. The molecule has 0 aliphatic heterocycles. The molecule has 0 aliphatic rings. The molecule has 4 heteroatoms. The largest absolute Gasteiger partial charge is 0.357 e. The maximum absolute atomic E-state index is 11.8. The number of H-pyrrole nitrogens is 1. The first kappa shape index (κ1) is 11.5. The van der Waals surface area contributed by atoms with E-state index in [-0.39, 0.29) is 5.43 Å². The van der Waals surface area contributed by atoms with Gasteiger partial charge in [0.25, 0.3) is 0 Å². The van der Waals surface area contributed by atoms with Crippen molar-refractivity contribution in [3.63, 3.8) is 0 Å². The molecule has 0 unspecified atom stereocenters. The highest BCUT2D eigenvalue weighted by atomic mass is 35.5. The number of hydrogen-bond donors (Lipinski definition) is 1. The zero-order chi connectivity index (χ0) is 11.7. The molecular formula is C12H11Cl2NO. The number of pyridine rings is 1. The molecule has 0 saturated carbocycles. The molecule has 2 nitrogen and oxygen atoms in total. The highest BCUT2D eigenvalue weighted by molar-refractivity contribution is 6.38. The molecule has 0 bridgehead atoms. The van der Waals surface area contributed by atoms with E-state index in [0.717, 1.165) is 18.5 Å². The van der Waals surface area contributed by atoms with Gasteiger partial charge in [0.2, 0.25) is 0 Å². The Morgan fingerprint density at radius 2 is 2.00 bits per heavy atom. The molecule has 16 heavy (non-hydrogen) atoms. The van der Waals surface area contributed by atoms with Crippen molar-refractivity contribution in [1.29, 1.82) is 0 Å². The van der Waals surface area contributed by atoms with Crippen LogP contribution in [-0.2, 0) is 6.42 Å². The van der Waals surface area contributed by atoms with E-state index in [0.29, 0.717) is 20.9 Å². The maximum Gasteiger partial charge on any atom is 0.189 e. The third kappa shape index (κ3) is 2.08. The lowest BCUT2D eigenvalue weighted by molar-refractivity contribution is 0.888. The molecule has 0 aliphatic carbocycles. The average Bonchev–Trinajstić information content (AvgIpc) is 2.20. The number of aromatic nitrogens is 1. The van der Waals surface area contributed by atoms with Gasteiger partial charge in [0.15, 0.2) is 5.43 Å². The summed E-state index contributed by atoms with van der Waals surface area (Å²) in [5, 5.41) is 1.50. The second kappa shape index (κ2) is 4.48. The first-order chi connectivity index (χ1) is 7.61. The van der Waals surface area contributed by atoms with E-state index in [1.54, 1.807) is 18.2 Å². The number of benzene rings is 1. The first-order valence-electron chi connectivity index (χ1n) is 5.12. The fourth-order valence-corrected chi connectivity index (χ4v) is 2.27. The molecule has 0 amide bonds. The van der Waals surface area contributed by atoms with Crippen LogP contribution in [0.3, 0.4) is 0 Å². The average molecular weight is 256 g/mol. The number of nitrogens with one attached hydrogen (secondary N) is 1. The van der Waals surface area contributed by atoms with Gasteiger partial charge in [-0.2, -0.15) is 0 Å². The predicted molar refractivity (Wildman–Crippen MR) is 68.6 cm³/mol. The van der Waals surface area contributed by atoms with E-state index < -0.39 is 0 Å². The second-order valence-electron chi connectivity index (χ2n) is 3.72. The first-order valence-corrected chi connectivity index (χ1v) is 5.88. The third-order valence-electron chi connectivity index (χ3n) is 2.43. The minimum absolute atomic E-state index is 0.0402. The number of aromatic amines is 1. The van der Waals surface area contributed by atoms with Gasteiger partial charge in [0, 0.05) is 22.2 Å². The van der Waals surface area contributed by atoms with Gasteiger partial charge >= 0.3 is 0 Å². The van der Waals surface area contributed by atoms with Gasteiger partial charge in [-0.25, -0.2) is 0 Å². The Morgan fingerprint density at radius 1 is 1.25 bits per heavy atom. The van der Waals surface area contributed by atoms with E-state index >= 15 is 0 Å². The monoisotopic (exact) mass is 255 g/mol. The highest BCUT2D eigenvalue weighted by Crippen LogP contribution is 2.24. The standard InChI is InChI=1S/C12H11Cl2NO/c1-2-3-8-6-11(16)9-4-7(13)5-10(14)12(9)15-8/h4-6H,2-3H2,1H3,(H,15,16). The van der Waals surface area contributed by atoms with Crippen LogP contribution in [0.25, 0.3) is 10.9 Å². The maximum atomic E-state index is 11.8. The Hall–Kier alpha value is -0.990. The van der Waals surface area contributed by atoms with Crippen molar-refractivity contribution in [2.24, 2.45) is 0 Å². The summed E-state index contributed by atoms with van der Waals surface area (Å²) in [6, 6.07) is 4.88. The lowest BCUT2D eigenvalue weighted by Gasteiger charge is -2.05. The van der Waals surface area contributed by atoms with Crippen LogP contribution in [0.2, 0.25) is 10.0 Å². The van der Waals surface area contributed by atoms with E-state index in [1.165, 1.54) is 0 Å². The van der Waals surface area contributed by atoms with E-state index in [2.05, 4.69) is 11.9 Å². The quantitative estimate of drug-likeness (QED) is 0.871. The van der Waals surface area contributed by atoms with Crippen LogP contribution < -0.4 is 5.43 Å². The summed E-state index contributed by atoms with van der Waals surface area (Å²) in [5.41, 5.74) is 1.54. The van der Waals surface area contributed by atoms with Crippen LogP contribution in [0.5, 0.6) is 0 Å². The Labute approximate surface area is 103 Å².